The molecule has 1 N–H and O–H groups in total. The lowest BCUT2D eigenvalue weighted by Gasteiger charge is -2.51. The number of piperazine rings is 1. The summed E-state index contributed by atoms with van der Waals surface area (Å²) in [5, 5.41) is 0.367. The molecule has 6 aliphatic rings. The molecule has 3 saturated heterocycles. The van der Waals surface area contributed by atoms with E-state index < -0.39 is 26.6 Å². The lowest BCUT2D eigenvalue weighted by atomic mass is 9.81. The highest BCUT2D eigenvalue weighted by Gasteiger charge is 2.65. The molecule has 2 amide bonds. The average molecular weight is 659 g/mol. The number of hydrogen-bond donors (Lipinski definition) is 1. The standard InChI is InChI=1S/C37H46N4O5S/c1-22(2)47(44,45)38-35(42)24-10-14-29-32(16-24)41-21-37(36(43)40-20-25-11-12-26(40)19-39(25)3)18-31(37)30-17-27(46-4)13-15-28(30)34(41)33(29)23-8-6-5-7-9-23/h10,13-17,22-23,25-26,31H,5-9,11-12,18-21H2,1-4H3,(H,38,42)/t25?,26?,31-,37-/m0/s1. The van der Waals surface area contributed by atoms with E-state index in [2.05, 4.69) is 38.3 Å². The molecule has 0 spiro atoms. The first kappa shape index (κ1) is 30.9. The van der Waals surface area contributed by atoms with Crippen molar-refractivity contribution in [2.75, 3.05) is 27.2 Å². The summed E-state index contributed by atoms with van der Waals surface area (Å²) in [5.74, 6) is 0.871. The van der Waals surface area contributed by atoms with Gasteiger partial charge in [-0.15, -0.1) is 0 Å². The average Bonchev–Trinajstić information content (AvgIpc) is 3.74. The zero-order valence-electron chi connectivity index (χ0n) is 27.9. The number of nitrogens with one attached hydrogen (secondary N) is 1. The Morgan fingerprint density at radius 3 is 2.43 bits per heavy atom. The molecule has 10 heteroatoms. The van der Waals surface area contributed by atoms with Gasteiger partial charge in [-0.1, -0.05) is 25.3 Å². The summed E-state index contributed by atoms with van der Waals surface area (Å²) in [4.78, 5) is 32.9. The molecule has 4 aliphatic heterocycles. The molecule has 1 aromatic heterocycles. The zero-order valence-corrected chi connectivity index (χ0v) is 28.7. The Balaban J connectivity index is 1.31. The molecule has 9 nitrogen and oxygen atoms in total. The van der Waals surface area contributed by atoms with Crippen LogP contribution in [0.15, 0.2) is 36.4 Å². The lowest BCUT2D eigenvalue weighted by molar-refractivity contribution is -0.147. The van der Waals surface area contributed by atoms with E-state index in [1.807, 2.05) is 18.2 Å². The van der Waals surface area contributed by atoms with E-state index in [0.29, 0.717) is 24.1 Å². The van der Waals surface area contributed by atoms with Crippen molar-refractivity contribution < 1.29 is 22.7 Å². The van der Waals surface area contributed by atoms with Crippen LogP contribution in [0.3, 0.4) is 0 Å². The highest BCUT2D eigenvalue weighted by atomic mass is 32.2. The second kappa shape index (κ2) is 11.1. The van der Waals surface area contributed by atoms with E-state index in [0.717, 1.165) is 73.1 Å². The number of sulfonamides is 1. The molecule has 2 aliphatic carbocycles. The largest absolute Gasteiger partial charge is 0.497 e. The topological polar surface area (TPSA) is 101 Å². The first-order valence-electron chi connectivity index (χ1n) is 17.4. The zero-order chi connectivity index (χ0) is 32.8. The Bertz CT molecular complexity index is 1890. The van der Waals surface area contributed by atoms with Gasteiger partial charge in [0.15, 0.2) is 0 Å². The van der Waals surface area contributed by atoms with Gasteiger partial charge in [0.05, 0.1) is 23.5 Å². The first-order chi connectivity index (χ1) is 22.5. The van der Waals surface area contributed by atoms with Crippen molar-refractivity contribution in [3.8, 4) is 17.0 Å². The molecule has 0 radical (unpaired) electrons. The molecule has 2 aromatic carbocycles. The van der Waals surface area contributed by atoms with E-state index in [1.165, 1.54) is 30.4 Å². The van der Waals surface area contributed by atoms with Crippen LogP contribution in [0.1, 0.15) is 98.5 Å². The molecule has 5 heterocycles. The highest BCUT2D eigenvalue weighted by Crippen LogP contribution is 2.66. The normalized spacial score (nSPS) is 27.3. The van der Waals surface area contributed by atoms with Gasteiger partial charge in [-0.05, 0) is 100 Å². The van der Waals surface area contributed by atoms with Gasteiger partial charge in [-0.3, -0.25) is 14.5 Å². The third-order valence-electron chi connectivity index (χ3n) is 12.1. The van der Waals surface area contributed by atoms with Gasteiger partial charge in [0.2, 0.25) is 15.9 Å². The van der Waals surface area contributed by atoms with Gasteiger partial charge in [0.25, 0.3) is 5.91 Å². The fraction of sp³-hybridized carbons (Fsp3) is 0.568. The SMILES string of the molecule is COc1ccc2c(c1)[C@@H]1C[C@]1(C(=O)N1CC3CCC1CN3C)Cn1c-2c(C2CCCCC2)c2ccc(C(=O)NS(=O)(=O)C(C)C)cc21. The van der Waals surface area contributed by atoms with Crippen molar-refractivity contribution in [1.82, 2.24) is 19.1 Å². The summed E-state index contributed by atoms with van der Waals surface area (Å²) in [7, 11) is 0.0762. The first-order valence-corrected chi connectivity index (χ1v) is 19.0. The van der Waals surface area contributed by atoms with Gasteiger partial charge in [0.1, 0.15) is 5.75 Å². The number of nitrogens with zero attached hydrogens (tertiary/aromatic N) is 3. The fourth-order valence-corrected chi connectivity index (χ4v) is 9.91. The van der Waals surface area contributed by atoms with E-state index >= 15 is 0 Å². The number of hydrogen-bond acceptors (Lipinski definition) is 6. The number of rotatable bonds is 6. The van der Waals surface area contributed by atoms with Crippen molar-refractivity contribution in [2.45, 2.75) is 101 Å². The highest BCUT2D eigenvalue weighted by molar-refractivity contribution is 7.90. The predicted molar refractivity (Wildman–Crippen MR) is 182 cm³/mol. The van der Waals surface area contributed by atoms with E-state index in [-0.39, 0.29) is 17.9 Å². The molecular formula is C37H46N4O5S. The number of carbonyl (C=O) groups is 2. The molecule has 47 heavy (non-hydrogen) atoms. The van der Waals surface area contributed by atoms with Gasteiger partial charge in [-0.2, -0.15) is 0 Å². The molecule has 4 atom stereocenters. The minimum absolute atomic E-state index is 0.0788. The van der Waals surface area contributed by atoms with Crippen LogP contribution in [0.4, 0.5) is 0 Å². The molecule has 2 unspecified atom stereocenters. The summed E-state index contributed by atoms with van der Waals surface area (Å²) in [5.41, 5.74) is 5.39. The van der Waals surface area contributed by atoms with Gasteiger partial charge < -0.3 is 14.2 Å². The second-order valence-corrected chi connectivity index (χ2v) is 17.3. The number of carbonyl (C=O) groups excluding carboxylic acids is 2. The van der Waals surface area contributed by atoms with Crippen LogP contribution in [0.2, 0.25) is 0 Å². The third-order valence-corrected chi connectivity index (χ3v) is 13.8. The number of amides is 2. The van der Waals surface area contributed by atoms with Crippen molar-refractivity contribution >= 4 is 32.7 Å². The maximum Gasteiger partial charge on any atom is 0.264 e. The molecule has 5 fully saturated rings. The third kappa shape index (κ3) is 4.84. The summed E-state index contributed by atoms with van der Waals surface area (Å²) in [6.07, 6.45) is 8.76. The Morgan fingerprint density at radius 2 is 1.74 bits per heavy atom. The van der Waals surface area contributed by atoms with Crippen LogP contribution < -0.4 is 9.46 Å². The number of ether oxygens (including phenoxy) is 1. The van der Waals surface area contributed by atoms with Crippen LogP contribution >= 0.6 is 0 Å². The fourth-order valence-electron chi connectivity index (χ4n) is 9.30. The van der Waals surface area contributed by atoms with Crippen molar-refractivity contribution in [3.05, 3.63) is 53.1 Å². The van der Waals surface area contributed by atoms with E-state index in [4.69, 9.17) is 4.74 Å². The number of aromatic nitrogens is 1. The number of methoxy groups -OCH3 is 1. The minimum Gasteiger partial charge on any atom is -0.497 e. The Kier molecular flexibility index (Phi) is 7.30. The van der Waals surface area contributed by atoms with Gasteiger partial charge >= 0.3 is 0 Å². The Hall–Kier alpha value is -3.37. The molecule has 3 aromatic rings. The Labute approximate surface area is 277 Å². The van der Waals surface area contributed by atoms with Gasteiger partial charge in [-0.25, -0.2) is 13.1 Å². The maximum absolute atomic E-state index is 14.9. The molecule has 250 valence electrons. The van der Waals surface area contributed by atoms with Crippen molar-refractivity contribution in [2.24, 2.45) is 5.41 Å². The minimum atomic E-state index is -3.80. The quantitative estimate of drug-likeness (QED) is 0.369. The summed E-state index contributed by atoms with van der Waals surface area (Å²) >= 11 is 0. The maximum atomic E-state index is 14.9. The van der Waals surface area contributed by atoms with Crippen molar-refractivity contribution in [1.29, 1.82) is 0 Å². The summed E-state index contributed by atoms with van der Waals surface area (Å²) in [6, 6.07) is 12.6. The number of likely N-dealkylation sites (N-methyl/N-ethyl adjacent to an activating group) is 1. The molecule has 2 saturated carbocycles. The van der Waals surface area contributed by atoms with Crippen LogP contribution in [0.5, 0.6) is 5.75 Å². The number of piperidine rings is 2. The van der Waals surface area contributed by atoms with Crippen LogP contribution in [0.25, 0.3) is 22.2 Å². The van der Waals surface area contributed by atoms with Gasteiger partial charge in [0, 0.05) is 59.7 Å². The van der Waals surface area contributed by atoms with Crippen LogP contribution in [-0.4, -0.2) is 79.2 Å². The second-order valence-electron chi connectivity index (χ2n) is 15.1. The molecular weight excluding hydrogens is 612 g/mol. The summed E-state index contributed by atoms with van der Waals surface area (Å²) < 4.78 is 35.7. The number of fused-ring (bicyclic) bond motifs is 10. The van der Waals surface area contributed by atoms with Crippen LogP contribution in [0, 0.1) is 5.41 Å². The van der Waals surface area contributed by atoms with Crippen LogP contribution in [-0.2, 0) is 21.4 Å². The monoisotopic (exact) mass is 658 g/mol. The van der Waals surface area contributed by atoms with E-state index in [9.17, 15) is 18.0 Å². The lowest BCUT2D eigenvalue weighted by Crippen LogP contribution is -2.64. The predicted octanol–water partition coefficient (Wildman–Crippen LogP) is 5.62. The summed E-state index contributed by atoms with van der Waals surface area (Å²) in [6.45, 7) is 5.35. The van der Waals surface area contributed by atoms with E-state index in [1.54, 1.807) is 27.0 Å². The Morgan fingerprint density at radius 1 is 0.979 bits per heavy atom. The smallest absolute Gasteiger partial charge is 0.264 e. The molecule has 9 rings (SSSR count). The van der Waals surface area contributed by atoms with Crippen molar-refractivity contribution in [3.63, 3.8) is 0 Å². The molecule has 2 bridgehead atoms. The number of benzene rings is 2.